The van der Waals surface area contributed by atoms with Gasteiger partial charge in [-0.2, -0.15) is 0 Å². The number of pyridine rings is 1. The molecule has 3 rings (SSSR count). The van der Waals surface area contributed by atoms with Gasteiger partial charge in [-0.25, -0.2) is 4.98 Å². The molecule has 26 heavy (non-hydrogen) atoms. The summed E-state index contributed by atoms with van der Waals surface area (Å²) in [4.78, 5) is 18.5. The third-order valence-electron chi connectivity index (χ3n) is 4.46. The first-order chi connectivity index (χ1) is 12.5. The van der Waals surface area contributed by atoms with Crippen molar-refractivity contribution in [2.75, 3.05) is 14.1 Å². The van der Waals surface area contributed by atoms with Gasteiger partial charge in [0.1, 0.15) is 0 Å². The average molecular weight is 368 g/mol. The van der Waals surface area contributed by atoms with Crippen molar-refractivity contribution in [3.05, 3.63) is 75.9 Å². The summed E-state index contributed by atoms with van der Waals surface area (Å²) >= 11 is 6.56. The Labute approximate surface area is 158 Å². The Morgan fingerprint density at radius 1 is 1.12 bits per heavy atom. The lowest BCUT2D eigenvalue weighted by atomic mass is 10.1. The van der Waals surface area contributed by atoms with E-state index in [1.807, 2.05) is 62.5 Å². The van der Waals surface area contributed by atoms with Gasteiger partial charge in [-0.05, 0) is 43.3 Å². The van der Waals surface area contributed by atoms with Gasteiger partial charge in [-0.15, -0.1) is 0 Å². The minimum atomic E-state index is -0.0764. The lowest BCUT2D eigenvalue weighted by Crippen LogP contribution is -2.19. The van der Waals surface area contributed by atoms with Gasteiger partial charge in [-0.1, -0.05) is 41.9 Å². The predicted molar refractivity (Wildman–Crippen MR) is 106 cm³/mol. The zero-order valence-corrected chi connectivity index (χ0v) is 16.0. The summed E-state index contributed by atoms with van der Waals surface area (Å²) < 4.78 is 0. The Balaban J connectivity index is 1.76. The molecule has 1 aromatic heterocycles. The van der Waals surface area contributed by atoms with Crippen LogP contribution in [-0.4, -0.2) is 29.9 Å². The molecule has 0 aliphatic carbocycles. The fourth-order valence-corrected chi connectivity index (χ4v) is 3.26. The predicted octanol–water partition coefficient (Wildman–Crippen LogP) is 4.19. The van der Waals surface area contributed by atoms with Crippen molar-refractivity contribution >= 4 is 28.4 Å². The summed E-state index contributed by atoms with van der Waals surface area (Å²) in [6.07, 6.45) is 0. The number of carbonyl (C=O) groups excluding carboxylic acids is 1. The number of benzene rings is 2. The topological polar surface area (TPSA) is 45.2 Å². The number of aryl methyl sites for hydroxylation is 1. The van der Waals surface area contributed by atoms with Gasteiger partial charge >= 0.3 is 0 Å². The molecule has 0 aliphatic rings. The molecule has 2 aromatic carbocycles. The molecule has 5 heteroatoms. The maximum Gasteiger partial charge on any atom is 0.251 e. The molecule has 0 aliphatic heterocycles. The minimum absolute atomic E-state index is 0.0764. The number of hydrogen-bond donors (Lipinski definition) is 1. The average Bonchev–Trinajstić information content (AvgIpc) is 2.66. The smallest absolute Gasteiger partial charge is 0.251 e. The summed E-state index contributed by atoms with van der Waals surface area (Å²) in [6, 6.07) is 15.7. The second-order valence-electron chi connectivity index (χ2n) is 6.46. The van der Waals surface area contributed by atoms with Gasteiger partial charge < -0.3 is 5.32 Å². The first-order valence-electron chi connectivity index (χ1n) is 8.53. The molecule has 4 nitrogen and oxygen atoms in total. The van der Waals surface area contributed by atoms with E-state index in [2.05, 4.69) is 10.2 Å². The zero-order chi connectivity index (χ0) is 18.7. The highest BCUT2D eigenvalue weighted by Crippen LogP contribution is 2.27. The van der Waals surface area contributed by atoms with Crippen molar-refractivity contribution < 1.29 is 4.79 Å². The molecule has 0 atom stereocenters. The largest absolute Gasteiger partial charge is 0.355 e. The second kappa shape index (κ2) is 7.85. The molecule has 0 saturated heterocycles. The van der Waals surface area contributed by atoms with Crippen LogP contribution >= 0.6 is 11.6 Å². The van der Waals surface area contributed by atoms with E-state index in [1.54, 1.807) is 7.05 Å². The fraction of sp³-hybridized carbons (Fsp3) is 0.238. The lowest BCUT2D eigenvalue weighted by Gasteiger charge is -2.18. The summed E-state index contributed by atoms with van der Waals surface area (Å²) in [5.41, 5.74) is 4.71. The number of amides is 1. The molecule has 134 valence electrons. The number of para-hydroxylation sites is 1. The summed E-state index contributed by atoms with van der Waals surface area (Å²) in [5.74, 6) is -0.0764. The van der Waals surface area contributed by atoms with Crippen molar-refractivity contribution in [2.45, 2.75) is 20.0 Å². The van der Waals surface area contributed by atoms with Crippen molar-refractivity contribution in [3.8, 4) is 0 Å². The van der Waals surface area contributed by atoms with Crippen LogP contribution in [0, 0.1) is 6.92 Å². The Hall–Kier alpha value is -2.43. The van der Waals surface area contributed by atoms with Gasteiger partial charge in [0.05, 0.1) is 16.2 Å². The van der Waals surface area contributed by atoms with Crippen molar-refractivity contribution in [3.63, 3.8) is 0 Å². The fourth-order valence-electron chi connectivity index (χ4n) is 3.05. The number of fused-ring (bicyclic) bond motifs is 1. The molecule has 1 N–H and O–H groups in total. The van der Waals surface area contributed by atoms with Gasteiger partial charge in [0.25, 0.3) is 5.91 Å². The molecule has 0 saturated carbocycles. The second-order valence-corrected chi connectivity index (χ2v) is 6.84. The van der Waals surface area contributed by atoms with E-state index in [9.17, 15) is 4.79 Å². The van der Waals surface area contributed by atoms with Gasteiger partial charge in [0.2, 0.25) is 0 Å². The summed E-state index contributed by atoms with van der Waals surface area (Å²) in [6.45, 7) is 3.44. The number of halogens is 1. The Bertz CT molecular complexity index is 938. The summed E-state index contributed by atoms with van der Waals surface area (Å²) in [7, 11) is 3.67. The SMILES string of the molecule is CNC(=O)c1ccc(CN(C)Cc2nc3ccccc3c(C)c2Cl)cc1. The zero-order valence-electron chi connectivity index (χ0n) is 15.2. The lowest BCUT2D eigenvalue weighted by molar-refractivity contribution is 0.0963. The maximum atomic E-state index is 11.6. The third-order valence-corrected chi connectivity index (χ3v) is 4.96. The van der Waals surface area contributed by atoms with Crippen LogP contribution in [0.3, 0.4) is 0 Å². The van der Waals surface area contributed by atoms with Crippen molar-refractivity contribution in [1.29, 1.82) is 0 Å². The Morgan fingerprint density at radius 2 is 1.81 bits per heavy atom. The van der Waals surface area contributed by atoms with Crippen LogP contribution in [0.25, 0.3) is 10.9 Å². The first-order valence-corrected chi connectivity index (χ1v) is 8.90. The first kappa shape index (κ1) is 18.4. The normalized spacial score (nSPS) is 11.1. The highest BCUT2D eigenvalue weighted by Gasteiger charge is 2.12. The monoisotopic (exact) mass is 367 g/mol. The highest BCUT2D eigenvalue weighted by molar-refractivity contribution is 6.32. The van der Waals surface area contributed by atoms with Crippen LogP contribution in [0.5, 0.6) is 0 Å². The molecule has 0 fully saturated rings. The van der Waals surface area contributed by atoms with E-state index in [4.69, 9.17) is 16.6 Å². The number of nitrogens with zero attached hydrogens (tertiary/aromatic N) is 2. The van der Waals surface area contributed by atoms with Crippen LogP contribution in [0.2, 0.25) is 5.02 Å². The molecule has 0 bridgehead atoms. The Kier molecular flexibility index (Phi) is 5.55. The van der Waals surface area contributed by atoms with Crippen molar-refractivity contribution in [2.24, 2.45) is 0 Å². The molecule has 1 amide bonds. The number of rotatable bonds is 5. The summed E-state index contributed by atoms with van der Waals surface area (Å²) in [5, 5.41) is 4.45. The molecule has 0 unspecified atom stereocenters. The van der Waals surface area contributed by atoms with Crippen LogP contribution in [0.1, 0.15) is 27.2 Å². The highest BCUT2D eigenvalue weighted by atomic mass is 35.5. The van der Waals surface area contributed by atoms with Gasteiger partial charge in [-0.3, -0.25) is 9.69 Å². The number of hydrogen-bond acceptors (Lipinski definition) is 3. The van der Waals surface area contributed by atoms with Crippen LogP contribution < -0.4 is 5.32 Å². The molecule has 1 heterocycles. The van der Waals surface area contributed by atoms with E-state index in [-0.39, 0.29) is 5.91 Å². The molecule has 0 radical (unpaired) electrons. The Morgan fingerprint density at radius 3 is 2.50 bits per heavy atom. The molecule has 0 spiro atoms. The standard InChI is InChI=1S/C21H22ClN3O/c1-14-17-6-4-5-7-18(17)24-19(20(14)22)13-25(3)12-15-8-10-16(11-9-15)21(26)23-2/h4-11H,12-13H2,1-3H3,(H,23,26). The van der Waals surface area contributed by atoms with Crippen LogP contribution in [0.4, 0.5) is 0 Å². The third kappa shape index (κ3) is 3.87. The van der Waals surface area contributed by atoms with Gasteiger partial charge in [0.15, 0.2) is 0 Å². The minimum Gasteiger partial charge on any atom is -0.355 e. The van der Waals surface area contributed by atoms with E-state index < -0.39 is 0 Å². The van der Waals surface area contributed by atoms with Crippen molar-refractivity contribution in [1.82, 2.24) is 15.2 Å². The van der Waals surface area contributed by atoms with Crippen LogP contribution in [0.15, 0.2) is 48.5 Å². The quantitative estimate of drug-likeness (QED) is 0.735. The van der Waals surface area contributed by atoms with Crippen LogP contribution in [-0.2, 0) is 13.1 Å². The molecular weight excluding hydrogens is 346 g/mol. The number of nitrogens with one attached hydrogen (secondary N) is 1. The molecule has 3 aromatic rings. The number of carbonyl (C=O) groups is 1. The maximum absolute atomic E-state index is 11.6. The van der Waals surface area contributed by atoms with E-state index in [0.717, 1.165) is 39.3 Å². The van der Waals surface area contributed by atoms with Gasteiger partial charge in [0, 0.05) is 31.1 Å². The van der Waals surface area contributed by atoms with E-state index in [0.29, 0.717) is 12.1 Å². The number of aromatic nitrogens is 1. The van der Waals surface area contributed by atoms with E-state index >= 15 is 0 Å². The van der Waals surface area contributed by atoms with E-state index in [1.165, 1.54) is 0 Å². The molecular formula is C21H22ClN3O.